The Hall–Kier alpha value is -2.16. The Labute approximate surface area is 114 Å². The van der Waals surface area contributed by atoms with Gasteiger partial charge in [-0.05, 0) is 30.2 Å². The minimum atomic E-state index is -0.267. The second-order valence-electron chi connectivity index (χ2n) is 4.26. The summed E-state index contributed by atoms with van der Waals surface area (Å²) in [7, 11) is 1.91. The SMILES string of the molecule is C=C/C=C(/F)c1cc(CN(C)C=NC=C)ccc1C. The van der Waals surface area contributed by atoms with Crippen LogP contribution in [0.15, 0.2) is 54.7 Å². The third-order valence-corrected chi connectivity index (χ3v) is 2.62. The molecule has 19 heavy (non-hydrogen) atoms. The van der Waals surface area contributed by atoms with Crippen molar-refractivity contribution in [3.8, 4) is 0 Å². The summed E-state index contributed by atoms with van der Waals surface area (Å²) in [6, 6.07) is 5.75. The lowest BCUT2D eigenvalue weighted by Gasteiger charge is -2.14. The predicted molar refractivity (Wildman–Crippen MR) is 80.6 cm³/mol. The number of hydrogen-bond acceptors (Lipinski definition) is 1. The summed E-state index contributed by atoms with van der Waals surface area (Å²) in [5, 5.41) is 0. The minimum Gasteiger partial charge on any atom is -0.361 e. The van der Waals surface area contributed by atoms with Crippen molar-refractivity contribution in [1.29, 1.82) is 0 Å². The first-order valence-corrected chi connectivity index (χ1v) is 6.01. The topological polar surface area (TPSA) is 15.6 Å². The molecule has 0 aromatic heterocycles. The number of halogens is 1. The smallest absolute Gasteiger partial charge is 0.130 e. The van der Waals surface area contributed by atoms with Crippen molar-refractivity contribution >= 4 is 12.2 Å². The van der Waals surface area contributed by atoms with E-state index in [2.05, 4.69) is 18.2 Å². The standard InChI is InChI=1S/C16H19FN2/c1-5-7-16(17)15-10-14(9-8-13(15)3)11-19(4)12-18-6-2/h5-10,12H,1-2,11H2,3-4H3/b16-7+,18-12?. The Balaban J connectivity index is 2.96. The summed E-state index contributed by atoms with van der Waals surface area (Å²) < 4.78 is 13.9. The Morgan fingerprint density at radius 2 is 2.16 bits per heavy atom. The molecule has 0 amide bonds. The van der Waals surface area contributed by atoms with E-state index < -0.39 is 0 Å². The number of aliphatic imine (C=N–C) groups is 1. The van der Waals surface area contributed by atoms with Crippen LogP contribution >= 0.6 is 0 Å². The summed E-state index contributed by atoms with van der Waals surface area (Å²) in [4.78, 5) is 5.85. The quantitative estimate of drug-likeness (QED) is 0.426. The summed E-state index contributed by atoms with van der Waals surface area (Å²) in [6.07, 6.45) is 5.98. The van der Waals surface area contributed by atoms with Gasteiger partial charge in [-0.25, -0.2) is 9.38 Å². The fraction of sp³-hybridized carbons (Fsp3) is 0.188. The monoisotopic (exact) mass is 258 g/mol. The Morgan fingerprint density at radius 3 is 2.79 bits per heavy atom. The van der Waals surface area contributed by atoms with E-state index >= 15 is 0 Å². The van der Waals surface area contributed by atoms with Crippen LogP contribution in [0.25, 0.3) is 5.83 Å². The number of nitrogens with zero attached hydrogens (tertiary/aromatic N) is 2. The average molecular weight is 258 g/mol. The van der Waals surface area contributed by atoms with Gasteiger partial charge in [-0.3, -0.25) is 0 Å². The number of allylic oxidation sites excluding steroid dienone is 2. The molecule has 3 heteroatoms. The van der Waals surface area contributed by atoms with E-state index in [1.807, 2.05) is 37.1 Å². The first kappa shape index (κ1) is 14.9. The van der Waals surface area contributed by atoms with E-state index in [0.29, 0.717) is 12.1 Å². The molecule has 0 aliphatic rings. The molecule has 0 aliphatic carbocycles. The van der Waals surface area contributed by atoms with Gasteiger partial charge in [0, 0.05) is 25.4 Å². The van der Waals surface area contributed by atoms with Crippen LogP contribution in [0.5, 0.6) is 0 Å². The first-order valence-electron chi connectivity index (χ1n) is 6.01. The molecule has 0 aliphatic heterocycles. The summed E-state index contributed by atoms with van der Waals surface area (Å²) in [5.74, 6) is -0.267. The van der Waals surface area contributed by atoms with Crippen molar-refractivity contribution in [2.45, 2.75) is 13.5 Å². The largest absolute Gasteiger partial charge is 0.361 e. The maximum atomic E-state index is 13.9. The second-order valence-corrected chi connectivity index (χ2v) is 4.26. The molecule has 0 atom stereocenters. The fourth-order valence-electron chi connectivity index (χ4n) is 1.71. The predicted octanol–water partition coefficient (Wildman–Crippen LogP) is 4.10. The summed E-state index contributed by atoms with van der Waals surface area (Å²) >= 11 is 0. The van der Waals surface area contributed by atoms with Crippen molar-refractivity contribution in [2.75, 3.05) is 7.05 Å². The minimum absolute atomic E-state index is 0.267. The molecule has 0 saturated carbocycles. The van der Waals surface area contributed by atoms with Gasteiger partial charge in [0.05, 0.1) is 6.34 Å². The van der Waals surface area contributed by atoms with Gasteiger partial charge >= 0.3 is 0 Å². The zero-order chi connectivity index (χ0) is 14.3. The van der Waals surface area contributed by atoms with Gasteiger partial charge in [0.15, 0.2) is 0 Å². The molecule has 0 radical (unpaired) electrons. The van der Waals surface area contributed by atoms with Crippen molar-refractivity contribution in [2.24, 2.45) is 4.99 Å². The van der Waals surface area contributed by atoms with Crippen LogP contribution in [0.3, 0.4) is 0 Å². The third-order valence-electron chi connectivity index (χ3n) is 2.62. The molecule has 0 unspecified atom stereocenters. The third kappa shape index (κ3) is 4.54. The highest BCUT2D eigenvalue weighted by atomic mass is 19.1. The molecule has 100 valence electrons. The molecular weight excluding hydrogens is 239 g/mol. The molecule has 0 heterocycles. The van der Waals surface area contributed by atoms with Crippen LogP contribution < -0.4 is 0 Å². The summed E-state index contributed by atoms with van der Waals surface area (Å²) in [6.45, 7) is 9.57. The van der Waals surface area contributed by atoms with Crippen LogP contribution in [0.2, 0.25) is 0 Å². The van der Waals surface area contributed by atoms with Crippen molar-refractivity contribution < 1.29 is 4.39 Å². The summed E-state index contributed by atoms with van der Waals surface area (Å²) in [5.41, 5.74) is 2.53. The van der Waals surface area contributed by atoms with Gasteiger partial charge in [0.2, 0.25) is 0 Å². The maximum Gasteiger partial charge on any atom is 0.130 e. The second kappa shape index (κ2) is 7.31. The van der Waals surface area contributed by atoms with Crippen molar-refractivity contribution in [1.82, 2.24) is 4.90 Å². The van der Waals surface area contributed by atoms with Crippen molar-refractivity contribution in [3.05, 3.63) is 66.4 Å². The van der Waals surface area contributed by atoms with Gasteiger partial charge in [0.25, 0.3) is 0 Å². The van der Waals surface area contributed by atoms with Crippen LogP contribution in [0.4, 0.5) is 4.39 Å². The van der Waals surface area contributed by atoms with E-state index in [1.54, 1.807) is 6.34 Å². The maximum absolute atomic E-state index is 13.9. The molecule has 0 saturated heterocycles. The molecular formula is C16H19FN2. The molecule has 0 bridgehead atoms. The van der Waals surface area contributed by atoms with E-state index in [4.69, 9.17) is 0 Å². The normalized spacial score (nSPS) is 11.6. The van der Waals surface area contributed by atoms with Gasteiger partial charge in [-0.2, -0.15) is 0 Å². The van der Waals surface area contributed by atoms with Gasteiger partial charge in [-0.15, -0.1) is 0 Å². The van der Waals surface area contributed by atoms with Gasteiger partial charge < -0.3 is 4.90 Å². The Morgan fingerprint density at radius 1 is 1.42 bits per heavy atom. The lowest BCUT2D eigenvalue weighted by atomic mass is 10.0. The van der Waals surface area contributed by atoms with Gasteiger partial charge in [-0.1, -0.05) is 31.4 Å². The highest BCUT2D eigenvalue weighted by Crippen LogP contribution is 2.22. The van der Waals surface area contributed by atoms with Gasteiger partial charge in [0.1, 0.15) is 5.83 Å². The molecule has 2 nitrogen and oxygen atoms in total. The van der Waals surface area contributed by atoms with E-state index in [1.165, 1.54) is 18.4 Å². The molecule has 0 spiro atoms. The molecule has 1 aromatic carbocycles. The van der Waals surface area contributed by atoms with E-state index in [0.717, 1.165) is 11.1 Å². The Bertz CT molecular complexity index is 515. The lowest BCUT2D eigenvalue weighted by molar-refractivity contribution is 0.515. The fourth-order valence-corrected chi connectivity index (χ4v) is 1.71. The van der Waals surface area contributed by atoms with Crippen LogP contribution in [0.1, 0.15) is 16.7 Å². The average Bonchev–Trinajstić information content (AvgIpc) is 2.39. The zero-order valence-electron chi connectivity index (χ0n) is 11.4. The van der Waals surface area contributed by atoms with Crippen LogP contribution in [-0.2, 0) is 6.54 Å². The number of rotatable bonds is 6. The lowest BCUT2D eigenvalue weighted by Crippen LogP contribution is -2.15. The van der Waals surface area contributed by atoms with Crippen LogP contribution in [-0.4, -0.2) is 18.3 Å². The molecule has 1 aromatic rings. The molecule has 0 N–H and O–H groups in total. The molecule has 0 fully saturated rings. The number of aryl methyl sites for hydroxylation is 1. The zero-order valence-corrected chi connectivity index (χ0v) is 11.4. The van der Waals surface area contributed by atoms with E-state index in [-0.39, 0.29) is 5.83 Å². The highest BCUT2D eigenvalue weighted by molar-refractivity contribution is 5.64. The molecule has 1 rings (SSSR count). The number of hydrogen-bond donors (Lipinski definition) is 0. The Kier molecular flexibility index (Phi) is 5.73. The highest BCUT2D eigenvalue weighted by Gasteiger charge is 2.06. The van der Waals surface area contributed by atoms with Crippen molar-refractivity contribution in [3.63, 3.8) is 0 Å². The van der Waals surface area contributed by atoms with E-state index in [9.17, 15) is 4.39 Å². The number of benzene rings is 1. The van der Waals surface area contributed by atoms with Crippen LogP contribution in [0, 0.1) is 6.92 Å². The first-order chi connectivity index (χ1) is 9.08.